The van der Waals surface area contributed by atoms with Crippen molar-refractivity contribution in [2.45, 2.75) is 50.4 Å². The molecule has 0 bridgehead atoms. The van der Waals surface area contributed by atoms with Crippen molar-refractivity contribution in [3.05, 3.63) is 100.0 Å². The van der Waals surface area contributed by atoms with Crippen LogP contribution in [0.3, 0.4) is 0 Å². The van der Waals surface area contributed by atoms with Gasteiger partial charge in [-0.3, -0.25) is 4.57 Å². The van der Waals surface area contributed by atoms with Gasteiger partial charge in [0.15, 0.2) is 6.29 Å². The van der Waals surface area contributed by atoms with Crippen molar-refractivity contribution in [2.75, 3.05) is 25.4 Å². The summed E-state index contributed by atoms with van der Waals surface area (Å²) in [6.45, 7) is 2.61. The molecule has 0 amide bonds. The predicted molar refractivity (Wildman–Crippen MR) is 147 cm³/mol. The minimum absolute atomic E-state index is 0.0179. The second kappa shape index (κ2) is 10.7. The summed E-state index contributed by atoms with van der Waals surface area (Å²) in [6, 6.07) is 23.7. The summed E-state index contributed by atoms with van der Waals surface area (Å²) < 4.78 is 14.8. The Hall–Kier alpha value is -3.43. The second-order valence-electron chi connectivity index (χ2n) is 10.4. The average molecular weight is 515 g/mol. The number of nitrogens with one attached hydrogen (secondary N) is 1. The number of nitrogen functional groups attached to an aromatic ring is 1. The van der Waals surface area contributed by atoms with E-state index in [2.05, 4.69) is 9.88 Å². The first-order valence-electron chi connectivity index (χ1n) is 13.3. The lowest BCUT2D eigenvalue weighted by molar-refractivity contribution is -0.253. The van der Waals surface area contributed by atoms with Gasteiger partial charge in [0.2, 0.25) is 0 Å². The number of nitrogens with zero attached hydrogens (tertiary/aromatic N) is 2. The van der Waals surface area contributed by atoms with Gasteiger partial charge in [-0.05, 0) is 48.2 Å². The van der Waals surface area contributed by atoms with E-state index in [-0.39, 0.29) is 30.5 Å². The number of aromatic amines is 1. The van der Waals surface area contributed by atoms with Crippen molar-refractivity contribution in [3.63, 3.8) is 0 Å². The van der Waals surface area contributed by atoms with Gasteiger partial charge in [0.05, 0.1) is 29.8 Å². The number of rotatable bonds is 6. The number of piperidine rings is 1. The number of imidazole rings is 1. The Bertz CT molecular complexity index is 1440. The van der Waals surface area contributed by atoms with Crippen LogP contribution in [-0.2, 0) is 16.1 Å². The fraction of sp³-hybridized carbons (Fsp3) is 0.367. The number of H-pyrrole nitrogens is 1. The van der Waals surface area contributed by atoms with Gasteiger partial charge in [-0.25, -0.2) is 4.79 Å². The molecule has 2 fully saturated rings. The van der Waals surface area contributed by atoms with E-state index in [0.29, 0.717) is 5.69 Å². The molecule has 0 unspecified atom stereocenters. The van der Waals surface area contributed by atoms with Crippen molar-refractivity contribution >= 4 is 16.7 Å². The predicted octanol–water partition coefficient (Wildman–Crippen LogP) is 4.29. The van der Waals surface area contributed by atoms with Crippen LogP contribution in [0.1, 0.15) is 54.4 Å². The zero-order valence-electron chi connectivity index (χ0n) is 21.3. The molecule has 4 N–H and O–H groups in total. The minimum Gasteiger partial charge on any atom is -0.399 e. The summed E-state index contributed by atoms with van der Waals surface area (Å²) in [5.74, 6) is 0. The third-order valence-electron chi connectivity index (χ3n) is 7.81. The number of aliphatic hydroxyl groups excluding tert-OH is 1. The van der Waals surface area contributed by atoms with Gasteiger partial charge < -0.3 is 30.2 Å². The summed E-state index contributed by atoms with van der Waals surface area (Å²) in [5, 5.41) is 9.44. The first-order chi connectivity index (χ1) is 18.6. The first-order valence-corrected chi connectivity index (χ1v) is 13.3. The molecule has 3 aromatic carbocycles. The topological polar surface area (TPSA) is 106 Å². The number of aliphatic hydroxyl groups is 1. The number of fused-ring (bicyclic) bond motifs is 1. The summed E-state index contributed by atoms with van der Waals surface area (Å²) in [6.07, 6.45) is 1.90. The number of hydrogen-bond acceptors (Lipinski definition) is 6. The molecule has 1 aromatic heterocycles. The first kappa shape index (κ1) is 24.9. The van der Waals surface area contributed by atoms with Gasteiger partial charge in [-0.2, -0.15) is 0 Å². The van der Waals surface area contributed by atoms with E-state index in [4.69, 9.17) is 15.2 Å². The molecule has 4 aromatic rings. The Kier molecular flexibility index (Phi) is 7.04. The molecule has 0 saturated carbocycles. The number of nitrogens with two attached hydrogens (primary N) is 1. The Morgan fingerprint density at radius 3 is 2.50 bits per heavy atom. The van der Waals surface area contributed by atoms with Gasteiger partial charge in [0.25, 0.3) is 0 Å². The summed E-state index contributed by atoms with van der Waals surface area (Å²) in [5.41, 5.74) is 11.4. The molecule has 0 spiro atoms. The third kappa shape index (κ3) is 5.13. The lowest BCUT2D eigenvalue weighted by Gasteiger charge is -2.40. The fourth-order valence-corrected chi connectivity index (χ4v) is 5.82. The number of likely N-dealkylation sites (tertiary alicyclic amines) is 1. The standard InChI is InChI=1S/C30H34N4O4/c31-23-5-3-4-22(16-23)29-37-25(17-28(38-29)21-10-8-20(19-35)9-11-21)18-33-14-12-24(13-15-33)34-27-7-2-1-6-26(27)32-30(34)36/h1-11,16,24-25,28-29,35H,12-15,17-19,31H2,(H,32,36)/t25-,28+,29+/m1/s1. The van der Waals surface area contributed by atoms with E-state index < -0.39 is 6.29 Å². The molecule has 0 radical (unpaired) electrons. The van der Waals surface area contributed by atoms with Crippen LogP contribution < -0.4 is 11.4 Å². The van der Waals surface area contributed by atoms with E-state index in [1.54, 1.807) is 0 Å². The number of benzene rings is 3. The quantitative estimate of drug-likeness (QED) is 0.332. The maximum absolute atomic E-state index is 12.7. The second-order valence-corrected chi connectivity index (χ2v) is 10.4. The van der Waals surface area contributed by atoms with E-state index in [9.17, 15) is 9.90 Å². The normalized spacial score (nSPS) is 23.1. The molecule has 0 aliphatic carbocycles. The molecule has 2 aliphatic rings. The van der Waals surface area contributed by atoms with Crippen LogP contribution in [-0.4, -0.2) is 45.3 Å². The number of aromatic nitrogens is 2. The number of anilines is 1. The molecule has 3 heterocycles. The molecule has 8 nitrogen and oxygen atoms in total. The van der Waals surface area contributed by atoms with Crippen LogP contribution in [0.15, 0.2) is 77.6 Å². The van der Waals surface area contributed by atoms with Gasteiger partial charge >= 0.3 is 5.69 Å². The Balaban J connectivity index is 1.16. The van der Waals surface area contributed by atoms with Gasteiger partial charge in [0.1, 0.15) is 0 Å². The van der Waals surface area contributed by atoms with Crippen LogP contribution in [0, 0.1) is 0 Å². The Morgan fingerprint density at radius 1 is 0.947 bits per heavy atom. The number of ether oxygens (including phenoxy) is 2. The van der Waals surface area contributed by atoms with Gasteiger partial charge in [-0.1, -0.05) is 48.5 Å². The smallest absolute Gasteiger partial charge is 0.326 e. The van der Waals surface area contributed by atoms with Crippen LogP contribution in [0.25, 0.3) is 11.0 Å². The summed E-state index contributed by atoms with van der Waals surface area (Å²) in [7, 11) is 0. The Morgan fingerprint density at radius 2 is 1.74 bits per heavy atom. The molecular formula is C30H34N4O4. The lowest BCUT2D eigenvalue weighted by atomic mass is 9.98. The molecule has 8 heteroatoms. The lowest BCUT2D eigenvalue weighted by Crippen LogP contribution is -2.43. The molecule has 6 rings (SSSR count). The molecule has 3 atom stereocenters. The fourth-order valence-electron chi connectivity index (χ4n) is 5.82. The van der Waals surface area contributed by atoms with Crippen LogP contribution >= 0.6 is 0 Å². The highest BCUT2D eigenvalue weighted by Crippen LogP contribution is 2.39. The van der Waals surface area contributed by atoms with E-state index in [0.717, 1.165) is 66.6 Å². The van der Waals surface area contributed by atoms with E-state index >= 15 is 0 Å². The maximum atomic E-state index is 12.7. The molecular weight excluding hydrogens is 480 g/mol. The number of hydrogen-bond donors (Lipinski definition) is 3. The highest BCUT2D eigenvalue weighted by atomic mass is 16.7. The highest BCUT2D eigenvalue weighted by Gasteiger charge is 2.34. The SMILES string of the molecule is Nc1cccc([C@H]2O[C@@H](CN3CCC(n4c(=O)[nH]c5ccccc54)CC3)C[C@@H](c3ccc(CO)cc3)O2)c1. The van der Waals surface area contributed by atoms with Crippen molar-refractivity contribution in [2.24, 2.45) is 0 Å². The zero-order chi connectivity index (χ0) is 26.1. The van der Waals surface area contributed by atoms with Crippen LogP contribution in [0.5, 0.6) is 0 Å². The molecule has 38 heavy (non-hydrogen) atoms. The summed E-state index contributed by atoms with van der Waals surface area (Å²) >= 11 is 0. The molecule has 2 aliphatic heterocycles. The zero-order valence-corrected chi connectivity index (χ0v) is 21.3. The van der Waals surface area contributed by atoms with E-state index in [1.807, 2.05) is 77.4 Å². The maximum Gasteiger partial charge on any atom is 0.326 e. The third-order valence-corrected chi connectivity index (χ3v) is 7.81. The van der Waals surface area contributed by atoms with Crippen molar-refractivity contribution < 1.29 is 14.6 Å². The highest BCUT2D eigenvalue weighted by molar-refractivity contribution is 5.75. The van der Waals surface area contributed by atoms with Gasteiger partial charge in [0, 0.05) is 43.3 Å². The Labute approximate surface area is 221 Å². The van der Waals surface area contributed by atoms with Crippen molar-refractivity contribution in [1.82, 2.24) is 14.5 Å². The van der Waals surface area contributed by atoms with Crippen LogP contribution in [0.2, 0.25) is 0 Å². The monoisotopic (exact) mass is 514 g/mol. The average Bonchev–Trinajstić information content (AvgIpc) is 3.29. The molecule has 2 saturated heterocycles. The molecule has 198 valence electrons. The van der Waals surface area contributed by atoms with Crippen molar-refractivity contribution in [3.8, 4) is 0 Å². The van der Waals surface area contributed by atoms with Gasteiger partial charge in [-0.15, -0.1) is 0 Å². The minimum atomic E-state index is -0.512. The van der Waals surface area contributed by atoms with E-state index in [1.165, 1.54) is 0 Å². The number of para-hydroxylation sites is 2. The summed E-state index contributed by atoms with van der Waals surface area (Å²) in [4.78, 5) is 18.1. The largest absolute Gasteiger partial charge is 0.399 e. The van der Waals surface area contributed by atoms with Crippen molar-refractivity contribution in [1.29, 1.82) is 0 Å². The van der Waals surface area contributed by atoms with Crippen LogP contribution in [0.4, 0.5) is 5.69 Å².